The van der Waals surface area contributed by atoms with Crippen LogP contribution in [0.25, 0.3) is 0 Å². The molecule has 2 unspecified atom stereocenters. The summed E-state index contributed by atoms with van der Waals surface area (Å²) in [5.41, 5.74) is 1.95. The number of nitrogens with zero attached hydrogens (tertiary/aromatic N) is 2. The van der Waals surface area contributed by atoms with Gasteiger partial charge >= 0.3 is 0 Å². The fourth-order valence-corrected chi connectivity index (χ4v) is 3.30. The van der Waals surface area contributed by atoms with Gasteiger partial charge in [-0.1, -0.05) is 26.7 Å². The van der Waals surface area contributed by atoms with Crippen molar-refractivity contribution in [1.29, 1.82) is 5.26 Å². The van der Waals surface area contributed by atoms with E-state index in [0.29, 0.717) is 6.04 Å². The molecule has 1 saturated carbocycles. The van der Waals surface area contributed by atoms with Crippen LogP contribution >= 0.6 is 0 Å². The molecule has 0 saturated heterocycles. The molecule has 19 heavy (non-hydrogen) atoms. The molecule has 104 valence electrons. The number of hydrogen-bond donors (Lipinski definition) is 1. The quantitative estimate of drug-likeness (QED) is 0.902. The Labute approximate surface area is 116 Å². The summed E-state index contributed by atoms with van der Waals surface area (Å²) in [6, 6.07) is 4.84. The molecule has 3 nitrogen and oxygen atoms in total. The Hall–Kier alpha value is -1.27. The molecule has 1 aromatic heterocycles. The Bertz CT molecular complexity index is 453. The third-order valence-electron chi connectivity index (χ3n) is 4.42. The normalized spacial score (nSPS) is 23.5. The fraction of sp³-hybridized carbons (Fsp3) is 0.688. The first kappa shape index (κ1) is 14.1. The molecule has 1 fully saturated rings. The molecule has 1 aliphatic carbocycles. The van der Waals surface area contributed by atoms with E-state index in [1.54, 1.807) is 0 Å². The van der Waals surface area contributed by atoms with Crippen molar-refractivity contribution in [3.05, 3.63) is 23.5 Å². The Morgan fingerprint density at radius 2 is 2.16 bits per heavy atom. The van der Waals surface area contributed by atoms with Gasteiger partial charge in [0.25, 0.3) is 0 Å². The van der Waals surface area contributed by atoms with Gasteiger partial charge in [0.05, 0.1) is 0 Å². The minimum Gasteiger partial charge on any atom is -0.342 e. The minimum absolute atomic E-state index is 0.638. The van der Waals surface area contributed by atoms with Crippen LogP contribution in [0.15, 0.2) is 12.3 Å². The molecule has 3 heteroatoms. The molecule has 2 atom stereocenters. The molecule has 1 aliphatic rings. The molecule has 1 heterocycles. The number of nitrogens with one attached hydrogen (secondary N) is 1. The van der Waals surface area contributed by atoms with E-state index in [9.17, 15) is 0 Å². The first-order valence-electron chi connectivity index (χ1n) is 7.40. The summed E-state index contributed by atoms with van der Waals surface area (Å²) in [6.07, 6.45) is 7.43. The van der Waals surface area contributed by atoms with E-state index in [1.807, 2.05) is 17.7 Å². The van der Waals surface area contributed by atoms with Gasteiger partial charge in [0.2, 0.25) is 0 Å². The number of aromatic nitrogens is 1. The van der Waals surface area contributed by atoms with Gasteiger partial charge in [0, 0.05) is 25.8 Å². The molecule has 1 N–H and O–H groups in total. The highest BCUT2D eigenvalue weighted by Gasteiger charge is 2.26. The molecular weight excluding hydrogens is 234 g/mol. The second kappa shape index (κ2) is 6.25. The summed E-state index contributed by atoms with van der Waals surface area (Å²) >= 11 is 0. The van der Waals surface area contributed by atoms with Gasteiger partial charge in [-0.15, -0.1) is 0 Å². The molecule has 1 aromatic rings. The van der Waals surface area contributed by atoms with Crippen LogP contribution in [0.5, 0.6) is 0 Å². The molecule has 2 rings (SSSR count). The van der Waals surface area contributed by atoms with Gasteiger partial charge in [0.1, 0.15) is 11.8 Å². The third kappa shape index (κ3) is 3.39. The van der Waals surface area contributed by atoms with Crippen molar-refractivity contribution in [3.63, 3.8) is 0 Å². The maximum atomic E-state index is 8.97. The molecule has 0 spiro atoms. The second-order valence-corrected chi connectivity index (χ2v) is 6.14. The van der Waals surface area contributed by atoms with Crippen molar-refractivity contribution >= 4 is 0 Å². The SMILES string of the molecule is CC(C)C1CCCCC1NCc1cc(C#N)n(C)c1. The van der Waals surface area contributed by atoms with Crippen molar-refractivity contribution in [3.8, 4) is 6.07 Å². The first-order valence-corrected chi connectivity index (χ1v) is 7.40. The Balaban J connectivity index is 1.95. The smallest absolute Gasteiger partial charge is 0.120 e. The van der Waals surface area contributed by atoms with E-state index in [-0.39, 0.29) is 0 Å². The predicted molar refractivity (Wildman–Crippen MR) is 77.6 cm³/mol. The zero-order valence-corrected chi connectivity index (χ0v) is 12.3. The van der Waals surface area contributed by atoms with Crippen molar-refractivity contribution in [2.24, 2.45) is 18.9 Å². The number of hydrogen-bond acceptors (Lipinski definition) is 2. The van der Waals surface area contributed by atoms with E-state index < -0.39 is 0 Å². The van der Waals surface area contributed by atoms with Crippen LogP contribution in [-0.2, 0) is 13.6 Å². The summed E-state index contributed by atoms with van der Waals surface area (Å²) in [5.74, 6) is 1.55. The van der Waals surface area contributed by atoms with E-state index in [2.05, 4.69) is 31.4 Å². The molecule has 0 aliphatic heterocycles. The highest BCUT2D eigenvalue weighted by atomic mass is 15.0. The van der Waals surface area contributed by atoms with Gasteiger partial charge in [-0.3, -0.25) is 0 Å². The van der Waals surface area contributed by atoms with Crippen molar-refractivity contribution < 1.29 is 0 Å². The van der Waals surface area contributed by atoms with E-state index in [1.165, 1.54) is 31.2 Å². The minimum atomic E-state index is 0.638. The average Bonchev–Trinajstić information content (AvgIpc) is 2.77. The summed E-state index contributed by atoms with van der Waals surface area (Å²) < 4.78 is 1.90. The Kier molecular flexibility index (Phi) is 4.66. The van der Waals surface area contributed by atoms with Gasteiger partial charge in [-0.2, -0.15) is 5.26 Å². The van der Waals surface area contributed by atoms with Crippen molar-refractivity contribution in [2.75, 3.05) is 0 Å². The highest BCUT2D eigenvalue weighted by molar-refractivity contribution is 5.28. The second-order valence-electron chi connectivity index (χ2n) is 6.14. The first-order chi connectivity index (χ1) is 9.11. The van der Waals surface area contributed by atoms with Crippen molar-refractivity contribution in [1.82, 2.24) is 9.88 Å². The largest absolute Gasteiger partial charge is 0.342 e. The molecule has 0 radical (unpaired) electrons. The zero-order valence-electron chi connectivity index (χ0n) is 12.3. The highest BCUT2D eigenvalue weighted by Crippen LogP contribution is 2.30. The number of rotatable bonds is 4. The van der Waals surface area contributed by atoms with Crippen LogP contribution in [-0.4, -0.2) is 10.6 Å². The maximum Gasteiger partial charge on any atom is 0.120 e. The van der Waals surface area contributed by atoms with E-state index >= 15 is 0 Å². The van der Waals surface area contributed by atoms with Gasteiger partial charge in [-0.05, 0) is 36.3 Å². The van der Waals surface area contributed by atoms with Crippen LogP contribution < -0.4 is 5.32 Å². The van der Waals surface area contributed by atoms with Gasteiger partial charge in [0.15, 0.2) is 0 Å². The summed E-state index contributed by atoms with van der Waals surface area (Å²) in [6.45, 7) is 5.55. The lowest BCUT2D eigenvalue weighted by Gasteiger charge is -2.35. The summed E-state index contributed by atoms with van der Waals surface area (Å²) in [7, 11) is 1.93. The predicted octanol–water partition coefficient (Wildman–Crippen LogP) is 3.20. The Morgan fingerprint density at radius 1 is 1.42 bits per heavy atom. The Morgan fingerprint density at radius 3 is 2.79 bits per heavy atom. The van der Waals surface area contributed by atoms with Crippen LogP contribution in [0.4, 0.5) is 0 Å². The maximum absolute atomic E-state index is 8.97. The van der Waals surface area contributed by atoms with Gasteiger partial charge in [-0.25, -0.2) is 0 Å². The summed E-state index contributed by atoms with van der Waals surface area (Å²) in [5, 5.41) is 12.7. The summed E-state index contributed by atoms with van der Waals surface area (Å²) in [4.78, 5) is 0. The van der Waals surface area contributed by atoms with E-state index in [4.69, 9.17) is 5.26 Å². The lowest BCUT2D eigenvalue weighted by atomic mass is 9.78. The number of aryl methyl sites for hydroxylation is 1. The van der Waals surface area contributed by atoms with Gasteiger partial charge < -0.3 is 9.88 Å². The molecule has 0 bridgehead atoms. The lowest BCUT2D eigenvalue weighted by molar-refractivity contribution is 0.204. The zero-order chi connectivity index (χ0) is 13.8. The third-order valence-corrected chi connectivity index (χ3v) is 4.42. The fourth-order valence-electron chi connectivity index (χ4n) is 3.30. The monoisotopic (exact) mass is 259 g/mol. The molecular formula is C16H25N3. The standard InChI is InChI=1S/C16H25N3/c1-12(2)15-6-4-5-7-16(15)18-10-13-8-14(9-17)19(3)11-13/h8,11-12,15-16,18H,4-7,10H2,1-3H3. The topological polar surface area (TPSA) is 40.8 Å². The van der Waals surface area contributed by atoms with Crippen LogP contribution in [0.3, 0.4) is 0 Å². The van der Waals surface area contributed by atoms with Crippen LogP contribution in [0.2, 0.25) is 0 Å². The van der Waals surface area contributed by atoms with Crippen LogP contribution in [0.1, 0.15) is 50.8 Å². The van der Waals surface area contributed by atoms with Crippen molar-refractivity contribution in [2.45, 2.75) is 52.1 Å². The lowest BCUT2D eigenvalue weighted by Crippen LogP contribution is -2.40. The average molecular weight is 259 g/mol. The van der Waals surface area contributed by atoms with E-state index in [0.717, 1.165) is 24.1 Å². The molecule has 0 amide bonds. The van der Waals surface area contributed by atoms with Crippen LogP contribution in [0, 0.1) is 23.2 Å². The number of nitriles is 1. The molecule has 0 aromatic carbocycles.